The van der Waals surface area contributed by atoms with Crippen LogP contribution < -0.4 is 10.6 Å². The van der Waals surface area contributed by atoms with E-state index in [1.165, 1.54) is 34.9 Å². The highest BCUT2D eigenvalue weighted by molar-refractivity contribution is 7.18. The van der Waals surface area contributed by atoms with Crippen LogP contribution in [0.25, 0.3) is 5.82 Å². The third kappa shape index (κ3) is 4.22. The first-order valence-electron chi connectivity index (χ1n) is 8.80. The van der Waals surface area contributed by atoms with E-state index >= 15 is 0 Å². The summed E-state index contributed by atoms with van der Waals surface area (Å²) in [4.78, 5) is 33.7. The fraction of sp³-hybridized carbons (Fsp3) is 0.0500. The predicted octanol–water partition coefficient (Wildman–Crippen LogP) is 4.19. The third-order valence-electron chi connectivity index (χ3n) is 4.14. The molecule has 0 spiro atoms. The Balaban J connectivity index is 1.45. The van der Waals surface area contributed by atoms with Crippen molar-refractivity contribution in [2.45, 2.75) is 6.92 Å². The monoisotopic (exact) mass is 438 g/mol. The zero-order chi connectivity index (χ0) is 21.1. The number of aryl methyl sites for hydroxylation is 1. The Labute approximate surface area is 180 Å². The first kappa shape index (κ1) is 19.7. The van der Waals surface area contributed by atoms with Crippen molar-refractivity contribution in [1.29, 1.82) is 0 Å². The molecule has 4 rings (SSSR count). The quantitative estimate of drug-likeness (QED) is 0.486. The molecular weight excluding hydrogens is 424 g/mol. The number of aromatic nitrogens is 4. The first-order chi connectivity index (χ1) is 14.5. The first-order valence-corrected chi connectivity index (χ1v) is 9.99. The average molecular weight is 439 g/mol. The number of halogens is 1. The number of carbonyl (C=O) groups is 2. The Morgan fingerprint density at radius 3 is 2.63 bits per heavy atom. The van der Waals surface area contributed by atoms with Crippen molar-refractivity contribution in [1.82, 2.24) is 19.7 Å². The Morgan fingerprint density at radius 2 is 1.93 bits per heavy atom. The zero-order valence-corrected chi connectivity index (χ0v) is 17.2. The summed E-state index contributed by atoms with van der Waals surface area (Å²) in [6.07, 6.45) is 4.49. The molecule has 30 heavy (non-hydrogen) atoms. The van der Waals surface area contributed by atoms with Gasteiger partial charge < -0.3 is 10.6 Å². The summed E-state index contributed by atoms with van der Waals surface area (Å²) in [7, 11) is 0. The number of pyridine rings is 1. The lowest BCUT2D eigenvalue weighted by Crippen LogP contribution is -2.12. The molecule has 0 saturated carbocycles. The minimum atomic E-state index is -0.332. The van der Waals surface area contributed by atoms with Crippen molar-refractivity contribution in [2.24, 2.45) is 0 Å². The van der Waals surface area contributed by atoms with Gasteiger partial charge in [0.2, 0.25) is 0 Å². The standard InChI is InChI=1S/C20H15ClN6O2S/c1-12-8-17(26-19(28)14-4-2-3-5-15(14)21)30-18(12)20(29)25-13-6-7-16(23-9-13)27-11-22-10-24-27/h2-11H,1H3,(H,25,29)(H,26,28). The number of rotatable bonds is 5. The van der Waals surface area contributed by atoms with Crippen LogP contribution in [0.15, 0.2) is 61.3 Å². The smallest absolute Gasteiger partial charge is 0.266 e. The van der Waals surface area contributed by atoms with Gasteiger partial charge in [-0.1, -0.05) is 23.7 Å². The second kappa shape index (κ2) is 8.44. The predicted molar refractivity (Wildman–Crippen MR) is 116 cm³/mol. The maximum Gasteiger partial charge on any atom is 0.266 e. The van der Waals surface area contributed by atoms with Crippen LogP contribution in [0.2, 0.25) is 5.02 Å². The van der Waals surface area contributed by atoms with Crippen molar-refractivity contribution in [3.63, 3.8) is 0 Å². The minimum absolute atomic E-state index is 0.286. The molecule has 0 aliphatic rings. The van der Waals surface area contributed by atoms with Crippen LogP contribution in [0.5, 0.6) is 0 Å². The van der Waals surface area contributed by atoms with E-state index in [1.54, 1.807) is 42.5 Å². The summed E-state index contributed by atoms with van der Waals surface area (Å²) >= 11 is 7.26. The Bertz CT molecular complexity index is 1200. The number of carbonyl (C=O) groups excluding carboxylic acids is 2. The van der Waals surface area contributed by atoms with Gasteiger partial charge in [0.15, 0.2) is 5.82 Å². The molecule has 0 unspecified atom stereocenters. The maximum atomic E-state index is 12.7. The topological polar surface area (TPSA) is 102 Å². The van der Waals surface area contributed by atoms with E-state index in [1.807, 2.05) is 6.92 Å². The summed E-state index contributed by atoms with van der Waals surface area (Å²) in [5.74, 6) is -0.0323. The molecule has 2 N–H and O–H groups in total. The molecule has 2 amide bonds. The molecule has 4 aromatic rings. The lowest BCUT2D eigenvalue weighted by atomic mass is 10.2. The Hall–Kier alpha value is -3.56. The lowest BCUT2D eigenvalue weighted by molar-refractivity contribution is 0.102. The molecule has 0 saturated heterocycles. The molecule has 3 heterocycles. The Morgan fingerprint density at radius 1 is 1.10 bits per heavy atom. The largest absolute Gasteiger partial charge is 0.320 e. The molecule has 8 nitrogen and oxygen atoms in total. The number of nitrogens with zero attached hydrogens (tertiary/aromatic N) is 4. The van der Waals surface area contributed by atoms with Crippen LogP contribution in [-0.4, -0.2) is 31.6 Å². The number of hydrogen-bond acceptors (Lipinski definition) is 6. The maximum absolute atomic E-state index is 12.7. The molecule has 0 fully saturated rings. The number of thiophene rings is 1. The van der Waals surface area contributed by atoms with Crippen LogP contribution in [-0.2, 0) is 0 Å². The Kier molecular flexibility index (Phi) is 5.55. The van der Waals surface area contributed by atoms with Crippen molar-refractivity contribution in [3.05, 3.63) is 82.3 Å². The van der Waals surface area contributed by atoms with Crippen molar-refractivity contribution in [2.75, 3.05) is 10.6 Å². The third-order valence-corrected chi connectivity index (χ3v) is 5.62. The van der Waals surface area contributed by atoms with Crippen molar-refractivity contribution >= 4 is 45.4 Å². The second-order valence-corrected chi connectivity index (χ2v) is 7.72. The molecule has 0 aliphatic carbocycles. The summed E-state index contributed by atoms with van der Waals surface area (Å²) in [6.45, 7) is 1.81. The highest BCUT2D eigenvalue weighted by Gasteiger charge is 2.17. The van der Waals surface area contributed by atoms with Gasteiger partial charge in [0.05, 0.1) is 32.3 Å². The zero-order valence-electron chi connectivity index (χ0n) is 15.7. The van der Waals surface area contributed by atoms with E-state index in [9.17, 15) is 9.59 Å². The SMILES string of the molecule is Cc1cc(NC(=O)c2ccccc2Cl)sc1C(=O)Nc1ccc(-n2cncn2)nc1. The van der Waals surface area contributed by atoms with Crippen molar-refractivity contribution < 1.29 is 9.59 Å². The van der Waals surface area contributed by atoms with Gasteiger partial charge in [-0.15, -0.1) is 11.3 Å². The summed E-state index contributed by atoms with van der Waals surface area (Å²) in [5.41, 5.74) is 1.66. The van der Waals surface area contributed by atoms with Crippen LogP contribution in [0.4, 0.5) is 10.7 Å². The highest BCUT2D eigenvalue weighted by Crippen LogP contribution is 2.28. The summed E-state index contributed by atoms with van der Waals surface area (Å²) in [6, 6.07) is 12.0. The van der Waals surface area contributed by atoms with Crippen LogP contribution in [0, 0.1) is 6.92 Å². The van der Waals surface area contributed by atoms with E-state index in [0.717, 1.165) is 5.56 Å². The average Bonchev–Trinajstić information content (AvgIpc) is 3.39. The number of anilines is 2. The second-order valence-electron chi connectivity index (χ2n) is 6.26. The molecule has 150 valence electrons. The van der Waals surface area contributed by atoms with Gasteiger partial charge in [-0.05, 0) is 42.8 Å². The number of benzene rings is 1. The number of hydrogen-bond donors (Lipinski definition) is 2. The van der Waals surface area contributed by atoms with Gasteiger partial charge in [-0.2, -0.15) is 5.10 Å². The summed E-state index contributed by atoms with van der Waals surface area (Å²) in [5, 5.41) is 10.5. The van der Waals surface area contributed by atoms with E-state index in [0.29, 0.717) is 32.0 Å². The van der Waals surface area contributed by atoms with E-state index in [4.69, 9.17) is 11.6 Å². The van der Waals surface area contributed by atoms with E-state index in [2.05, 4.69) is 25.7 Å². The molecule has 0 atom stereocenters. The van der Waals surface area contributed by atoms with Gasteiger partial charge in [0.1, 0.15) is 12.7 Å². The highest BCUT2D eigenvalue weighted by atomic mass is 35.5. The number of amides is 2. The molecule has 0 aliphatic heterocycles. The fourth-order valence-electron chi connectivity index (χ4n) is 2.70. The molecule has 10 heteroatoms. The van der Waals surface area contributed by atoms with Gasteiger partial charge in [-0.25, -0.2) is 14.6 Å². The molecule has 0 radical (unpaired) electrons. The molecule has 1 aromatic carbocycles. The summed E-state index contributed by atoms with van der Waals surface area (Å²) < 4.78 is 1.52. The van der Waals surface area contributed by atoms with Crippen LogP contribution in [0.3, 0.4) is 0 Å². The van der Waals surface area contributed by atoms with E-state index in [-0.39, 0.29) is 11.8 Å². The molecule has 3 aromatic heterocycles. The van der Waals surface area contributed by atoms with Crippen LogP contribution in [0.1, 0.15) is 25.6 Å². The van der Waals surface area contributed by atoms with E-state index < -0.39 is 0 Å². The molecule has 0 bridgehead atoms. The lowest BCUT2D eigenvalue weighted by Gasteiger charge is -2.05. The minimum Gasteiger partial charge on any atom is -0.320 e. The van der Waals surface area contributed by atoms with Gasteiger partial charge in [-0.3, -0.25) is 9.59 Å². The fourth-order valence-corrected chi connectivity index (χ4v) is 3.89. The van der Waals surface area contributed by atoms with Gasteiger partial charge in [0, 0.05) is 0 Å². The number of nitrogens with one attached hydrogen (secondary N) is 2. The van der Waals surface area contributed by atoms with Crippen LogP contribution >= 0.6 is 22.9 Å². The van der Waals surface area contributed by atoms with Gasteiger partial charge >= 0.3 is 0 Å². The van der Waals surface area contributed by atoms with Gasteiger partial charge in [0.25, 0.3) is 11.8 Å². The van der Waals surface area contributed by atoms with Crippen molar-refractivity contribution in [3.8, 4) is 5.82 Å². The molecular formula is C20H15ClN6O2S. The normalized spacial score (nSPS) is 10.6.